The highest BCUT2D eigenvalue weighted by Gasteiger charge is 2.53. The number of aromatic nitrogens is 2. The lowest BCUT2D eigenvalue weighted by molar-refractivity contribution is 0.282. The molecule has 0 radical (unpaired) electrons. The molecule has 4 nitrogen and oxygen atoms in total. The number of pyridine rings is 1. The van der Waals surface area contributed by atoms with Crippen LogP contribution in [-0.2, 0) is 19.1 Å². The van der Waals surface area contributed by atoms with Crippen LogP contribution in [0.5, 0.6) is 0 Å². The molecule has 0 aliphatic heterocycles. The SMILES string of the molecule is Cn1c2c(-c3ccccc3CO)cccc2c2ccc3c(c21)-c1ccccc1C31c2ccccc2-c2c1ccc1c3cccc4c5ccccc5c(=O)n(c21)c43. The Kier molecular flexibility index (Phi) is 5.63. The Bertz CT molecular complexity index is 3620. The highest BCUT2D eigenvalue weighted by atomic mass is 16.3. The van der Waals surface area contributed by atoms with Crippen LogP contribution in [0, 0.1) is 0 Å². The molecule has 56 heavy (non-hydrogen) atoms. The highest BCUT2D eigenvalue weighted by molar-refractivity contribution is 6.24. The maximum atomic E-state index is 14.8. The fourth-order valence-corrected chi connectivity index (χ4v) is 11.2. The van der Waals surface area contributed by atoms with Crippen molar-refractivity contribution in [2.45, 2.75) is 12.0 Å². The van der Waals surface area contributed by atoms with Crippen LogP contribution >= 0.6 is 0 Å². The van der Waals surface area contributed by atoms with Crippen LogP contribution in [0.1, 0.15) is 27.8 Å². The van der Waals surface area contributed by atoms with E-state index in [0.29, 0.717) is 0 Å². The Morgan fingerprint density at radius 1 is 0.429 bits per heavy atom. The predicted octanol–water partition coefficient (Wildman–Crippen LogP) is 11.3. The first kappa shape index (κ1) is 30.3. The average Bonchev–Trinajstić information content (AvgIpc) is 3.95. The number of hydrogen-bond donors (Lipinski definition) is 1. The average molecular weight is 717 g/mol. The van der Waals surface area contributed by atoms with Crippen molar-refractivity contribution in [3.05, 3.63) is 196 Å². The number of aryl methyl sites for hydroxylation is 1. The molecule has 3 aromatic heterocycles. The summed E-state index contributed by atoms with van der Waals surface area (Å²) in [6, 6.07) is 56.4. The molecule has 0 fully saturated rings. The Hall–Kier alpha value is -7.01. The van der Waals surface area contributed by atoms with Crippen LogP contribution < -0.4 is 5.56 Å². The first-order valence-electron chi connectivity index (χ1n) is 19.3. The van der Waals surface area contributed by atoms with E-state index in [0.717, 1.165) is 65.7 Å². The molecule has 3 heterocycles. The zero-order chi connectivity index (χ0) is 37.0. The Balaban J connectivity index is 1.20. The van der Waals surface area contributed by atoms with E-state index >= 15 is 0 Å². The van der Waals surface area contributed by atoms with Crippen molar-refractivity contribution in [1.82, 2.24) is 8.97 Å². The summed E-state index contributed by atoms with van der Waals surface area (Å²) in [5.74, 6) is 0. The third kappa shape index (κ3) is 3.32. The van der Waals surface area contributed by atoms with Gasteiger partial charge >= 0.3 is 0 Å². The molecule has 1 spiro atoms. The van der Waals surface area contributed by atoms with E-state index in [1.165, 1.54) is 55.2 Å². The van der Waals surface area contributed by atoms with Gasteiger partial charge in [-0.15, -0.1) is 0 Å². The smallest absolute Gasteiger partial charge is 0.263 e. The summed E-state index contributed by atoms with van der Waals surface area (Å²) in [5, 5.41) is 17.8. The maximum Gasteiger partial charge on any atom is 0.263 e. The zero-order valence-electron chi connectivity index (χ0n) is 30.5. The van der Waals surface area contributed by atoms with E-state index in [1.54, 1.807) is 0 Å². The van der Waals surface area contributed by atoms with Crippen molar-refractivity contribution in [3.8, 4) is 33.4 Å². The molecule has 262 valence electrons. The number of nitrogens with zero attached hydrogens (tertiary/aromatic N) is 2. The lowest BCUT2D eigenvalue weighted by atomic mass is 9.70. The van der Waals surface area contributed by atoms with Gasteiger partial charge in [0.05, 0.1) is 34.1 Å². The molecule has 2 aliphatic rings. The summed E-state index contributed by atoms with van der Waals surface area (Å²) >= 11 is 0. The minimum Gasteiger partial charge on any atom is -0.392 e. The van der Waals surface area contributed by atoms with Gasteiger partial charge in [-0.3, -0.25) is 9.20 Å². The highest BCUT2D eigenvalue weighted by Crippen LogP contribution is 2.65. The van der Waals surface area contributed by atoms with E-state index < -0.39 is 5.41 Å². The zero-order valence-corrected chi connectivity index (χ0v) is 30.5. The molecule has 4 heteroatoms. The third-order valence-corrected chi connectivity index (χ3v) is 13.3. The number of rotatable bonds is 2. The van der Waals surface area contributed by atoms with Crippen LogP contribution in [0.15, 0.2) is 163 Å². The molecule has 1 N–H and O–H groups in total. The second-order valence-corrected chi connectivity index (χ2v) is 15.6. The van der Waals surface area contributed by atoms with E-state index in [4.69, 9.17) is 0 Å². The molecule has 11 aromatic rings. The molecule has 0 amide bonds. The third-order valence-electron chi connectivity index (χ3n) is 13.3. The second kappa shape index (κ2) is 10.4. The number of aliphatic hydroxyl groups excluding tert-OH is 1. The van der Waals surface area contributed by atoms with Crippen LogP contribution in [-0.4, -0.2) is 14.1 Å². The molecular formula is C52H32N2O2. The standard InChI is InChI=1S/C52H32N2O2/c1-53-47-32(30-13-3-2-12-29(30)28-55)18-10-20-34(47)36-24-26-43-45(49(36)53)39-16-6-8-22-41(39)52(43)42-23-9-7-17-40(42)46-44(52)27-25-37-35-21-11-19-33-31-14-4-5-15-38(31)51(56)54(48(33)35)50(37)46/h2-27,55H,28H2,1H3. The monoisotopic (exact) mass is 716 g/mol. The van der Waals surface area contributed by atoms with Crippen molar-refractivity contribution < 1.29 is 5.11 Å². The van der Waals surface area contributed by atoms with Crippen molar-refractivity contribution in [1.29, 1.82) is 0 Å². The van der Waals surface area contributed by atoms with Gasteiger partial charge in [-0.25, -0.2) is 0 Å². The number of aliphatic hydroxyl groups is 1. The first-order chi connectivity index (χ1) is 27.6. The quantitative estimate of drug-likeness (QED) is 0.181. The molecule has 1 atom stereocenters. The molecule has 13 rings (SSSR count). The van der Waals surface area contributed by atoms with E-state index in [2.05, 4.69) is 139 Å². The number of para-hydroxylation sites is 2. The van der Waals surface area contributed by atoms with Crippen LogP contribution in [0.4, 0.5) is 0 Å². The van der Waals surface area contributed by atoms with E-state index in [9.17, 15) is 9.90 Å². The van der Waals surface area contributed by atoms with Gasteiger partial charge in [0.1, 0.15) is 0 Å². The minimum atomic E-state index is -0.599. The summed E-state index contributed by atoms with van der Waals surface area (Å²) in [5.41, 5.74) is 16.6. The number of fused-ring (bicyclic) bond motifs is 20. The molecule has 2 aliphatic carbocycles. The molecular weight excluding hydrogens is 685 g/mol. The summed E-state index contributed by atoms with van der Waals surface area (Å²) in [7, 11) is 2.20. The topological polar surface area (TPSA) is 46.6 Å². The normalized spacial score (nSPS) is 15.5. The summed E-state index contributed by atoms with van der Waals surface area (Å²) in [6.07, 6.45) is 0. The second-order valence-electron chi connectivity index (χ2n) is 15.6. The molecule has 8 aromatic carbocycles. The van der Waals surface area contributed by atoms with Gasteiger partial charge in [0, 0.05) is 56.1 Å². The fraction of sp³-hybridized carbons (Fsp3) is 0.0577. The summed E-state index contributed by atoms with van der Waals surface area (Å²) in [4.78, 5) is 14.8. The number of hydrogen-bond acceptors (Lipinski definition) is 2. The summed E-state index contributed by atoms with van der Waals surface area (Å²) in [6.45, 7) is -0.0216. The van der Waals surface area contributed by atoms with Crippen LogP contribution in [0.25, 0.3) is 93.2 Å². The lowest BCUT2D eigenvalue weighted by Crippen LogP contribution is -2.25. The van der Waals surface area contributed by atoms with Crippen LogP contribution in [0.3, 0.4) is 0 Å². The van der Waals surface area contributed by atoms with Gasteiger partial charge in [0.15, 0.2) is 0 Å². The summed E-state index contributed by atoms with van der Waals surface area (Å²) < 4.78 is 4.41. The van der Waals surface area contributed by atoms with E-state index in [1.807, 2.05) is 34.7 Å². The van der Waals surface area contributed by atoms with Crippen molar-refractivity contribution in [2.75, 3.05) is 0 Å². The maximum absolute atomic E-state index is 14.8. The Morgan fingerprint density at radius 3 is 1.61 bits per heavy atom. The van der Waals surface area contributed by atoms with Crippen molar-refractivity contribution in [3.63, 3.8) is 0 Å². The van der Waals surface area contributed by atoms with Gasteiger partial charge in [-0.05, 0) is 56.0 Å². The molecule has 0 bridgehead atoms. The predicted molar refractivity (Wildman–Crippen MR) is 229 cm³/mol. The number of benzene rings is 8. The first-order valence-corrected chi connectivity index (χ1v) is 19.3. The van der Waals surface area contributed by atoms with Gasteiger partial charge in [0.25, 0.3) is 5.56 Å². The molecule has 0 saturated carbocycles. The Labute approximate surface area is 321 Å². The fourth-order valence-electron chi connectivity index (χ4n) is 11.2. The largest absolute Gasteiger partial charge is 0.392 e. The van der Waals surface area contributed by atoms with Gasteiger partial charge in [-0.2, -0.15) is 0 Å². The lowest BCUT2D eigenvalue weighted by Gasteiger charge is -2.30. The van der Waals surface area contributed by atoms with Gasteiger partial charge in [0.2, 0.25) is 0 Å². The Morgan fingerprint density at radius 2 is 0.911 bits per heavy atom. The molecule has 1 unspecified atom stereocenters. The van der Waals surface area contributed by atoms with E-state index in [-0.39, 0.29) is 12.2 Å². The van der Waals surface area contributed by atoms with Crippen LogP contribution in [0.2, 0.25) is 0 Å². The van der Waals surface area contributed by atoms with Gasteiger partial charge < -0.3 is 9.67 Å². The minimum absolute atomic E-state index is 0.0216. The van der Waals surface area contributed by atoms with Gasteiger partial charge in [-0.1, -0.05) is 152 Å². The van der Waals surface area contributed by atoms with Crippen molar-refractivity contribution in [2.24, 2.45) is 7.05 Å². The van der Waals surface area contributed by atoms with Crippen molar-refractivity contribution >= 4 is 59.8 Å². The molecule has 0 saturated heterocycles.